The summed E-state index contributed by atoms with van der Waals surface area (Å²) in [5, 5.41) is 15.4. The van der Waals surface area contributed by atoms with Gasteiger partial charge in [-0.2, -0.15) is 13.2 Å². The number of rotatable bonds is 2. The van der Waals surface area contributed by atoms with Crippen molar-refractivity contribution < 1.29 is 32.6 Å². The number of carboxylic acids is 1. The molecule has 0 radical (unpaired) electrons. The van der Waals surface area contributed by atoms with Gasteiger partial charge in [0.1, 0.15) is 5.60 Å². The van der Waals surface area contributed by atoms with Gasteiger partial charge in [-0.1, -0.05) is 5.21 Å². The normalized spacial score (nSPS) is 19.0. The summed E-state index contributed by atoms with van der Waals surface area (Å²) >= 11 is 0. The lowest BCUT2D eigenvalue weighted by molar-refractivity contribution is -0.145. The minimum atomic E-state index is -4.93. The number of hydrogen-bond donors (Lipinski definition) is 1. The van der Waals surface area contributed by atoms with Crippen molar-refractivity contribution >= 4 is 12.1 Å². The number of carboxylic acid groups (broad SMARTS) is 1. The maximum Gasteiger partial charge on any atom is 0.435 e. The van der Waals surface area contributed by atoms with Crippen LogP contribution in [-0.4, -0.2) is 55.8 Å². The number of carbonyl (C=O) groups is 2. The predicted octanol–water partition coefficient (Wildman–Crippen LogP) is 2.57. The molecule has 1 fully saturated rings. The molecule has 2 rings (SSSR count). The first-order valence-electron chi connectivity index (χ1n) is 7.64. The highest BCUT2D eigenvalue weighted by molar-refractivity contribution is 5.86. The van der Waals surface area contributed by atoms with E-state index in [-0.39, 0.29) is 6.54 Å². The molecular formula is C14H19F3N4O4. The van der Waals surface area contributed by atoms with Crippen molar-refractivity contribution in [1.82, 2.24) is 19.9 Å². The van der Waals surface area contributed by atoms with E-state index < -0.39 is 41.3 Å². The van der Waals surface area contributed by atoms with Crippen LogP contribution in [0.2, 0.25) is 0 Å². The zero-order valence-corrected chi connectivity index (χ0v) is 14.0. The molecule has 1 atom stereocenters. The maximum atomic E-state index is 13.3. The Bertz CT molecular complexity index is 666. The Morgan fingerprint density at radius 3 is 2.44 bits per heavy atom. The number of ether oxygens (including phenoxy) is 1. The van der Waals surface area contributed by atoms with Crippen LogP contribution in [0, 0.1) is 0 Å². The van der Waals surface area contributed by atoms with Crippen LogP contribution in [-0.2, 0) is 10.9 Å². The first-order chi connectivity index (χ1) is 11.4. The molecule has 1 N–H and O–H groups in total. The SMILES string of the molecule is CC(C)(C)OC(=O)N1CCCC(n2nnc(C(=O)O)c2C(F)(F)F)C1. The number of piperidine rings is 1. The lowest BCUT2D eigenvalue weighted by Gasteiger charge is -2.34. The van der Waals surface area contributed by atoms with E-state index in [1.807, 2.05) is 0 Å². The molecule has 140 valence electrons. The average Bonchev–Trinajstić information content (AvgIpc) is 2.90. The second-order valence-electron chi connectivity index (χ2n) is 6.76. The lowest BCUT2D eigenvalue weighted by Crippen LogP contribution is -2.44. The van der Waals surface area contributed by atoms with Gasteiger partial charge >= 0.3 is 18.2 Å². The molecule has 1 aromatic heterocycles. The first-order valence-corrected chi connectivity index (χ1v) is 7.64. The molecule has 1 saturated heterocycles. The Morgan fingerprint density at radius 1 is 1.28 bits per heavy atom. The van der Waals surface area contributed by atoms with Crippen LogP contribution in [0.25, 0.3) is 0 Å². The summed E-state index contributed by atoms with van der Waals surface area (Å²) in [6.07, 6.45) is -4.82. The third kappa shape index (κ3) is 4.40. The Kier molecular flexibility index (Phi) is 4.96. The van der Waals surface area contributed by atoms with E-state index in [0.29, 0.717) is 24.1 Å². The zero-order chi connectivity index (χ0) is 19.0. The zero-order valence-electron chi connectivity index (χ0n) is 14.0. The van der Waals surface area contributed by atoms with Crippen molar-refractivity contribution in [2.45, 2.75) is 51.4 Å². The van der Waals surface area contributed by atoms with Gasteiger partial charge in [-0.25, -0.2) is 14.3 Å². The number of nitrogens with zero attached hydrogens (tertiary/aromatic N) is 4. The number of amides is 1. The van der Waals surface area contributed by atoms with Crippen LogP contribution in [0.5, 0.6) is 0 Å². The third-order valence-corrected chi connectivity index (χ3v) is 3.56. The molecule has 1 aliphatic rings. The molecule has 0 aromatic carbocycles. The third-order valence-electron chi connectivity index (χ3n) is 3.56. The van der Waals surface area contributed by atoms with Gasteiger partial charge in [-0.15, -0.1) is 5.10 Å². The summed E-state index contributed by atoms with van der Waals surface area (Å²) in [5.74, 6) is -1.81. The fraction of sp³-hybridized carbons (Fsp3) is 0.714. The number of alkyl halides is 3. The summed E-state index contributed by atoms with van der Waals surface area (Å²) in [7, 11) is 0. The van der Waals surface area contributed by atoms with Crippen molar-refractivity contribution in [3.05, 3.63) is 11.4 Å². The quantitative estimate of drug-likeness (QED) is 0.866. The van der Waals surface area contributed by atoms with Crippen LogP contribution in [0.3, 0.4) is 0 Å². The van der Waals surface area contributed by atoms with E-state index in [1.165, 1.54) is 4.90 Å². The van der Waals surface area contributed by atoms with E-state index in [4.69, 9.17) is 9.84 Å². The topological polar surface area (TPSA) is 97.5 Å². The summed E-state index contributed by atoms with van der Waals surface area (Å²) in [6.45, 7) is 5.33. The van der Waals surface area contributed by atoms with Gasteiger partial charge in [0.15, 0.2) is 5.69 Å². The molecule has 25 heavy (non-hydrogen) atoms. The van der Waals surface area contributed by atoms with Gasteiger partial charge in [-0.05, 0) is 33.6 Å². The van der Waals surface area contributed by atoms with E-state index >= 15 is 0 Å². The van der Waals surface area contributed by atoms with Crippen molar-refractivity contribution in [2.75, 3.05) is 13.1 Å². The number of hydrogen-bond acceptors (Lipinski definition) is 5. The van der Waals surface area contributed by atoms with Crippen molar-refractivity contribution in [2.24, 2.45) is 0 Å². The molecule has 0 saturated carbocycles. The maximum absolute atomic E-state index is 13.3. The lowest BCUT2D eigenvalue weighted by atomic mass is 10.1. The molecular weight excluding hydrogens is 345 g/mol. The minimum Gasteiger partial charge on any atom is -0.476 e. The standard InChI is InChI=1S/C14H19F3N4O4/c1-13(2,3)25-12(24)20-6-4-5-8(7-20)21-10(14(15,16)17)9(11(22)23)18-19-21/h8H,4-7H2,1-3H3,(H,22,23). The summed E-state index contributed by atoms with van der Waals surface area (Å²) in [4.78, 5) is 24.4. The highest BCUT2D eigenvalue weighted by atomic mass is 19.4. The molecule has 1 amide bonds. The van der Waals surface area contributed by atoms with Gasteiger partial charge < -0.3 is 14.7 Å². The number of aromatic nitrogens is 3. The average molecular weight is 364 g/mol. The monoisotopic (exact) mass is 364 g/mol. The molecule has 0 spiro atoms. The molecule has 11 heteroatoms. The number of likely N-dealkylation sites (tertiary alicyclic amines) is 1. The van der Waals surface area contributed by atoms with E-state index in [2.05, 4.69) is 10.3 Å². The van der Waals surface area contributed by atoms with Crippen molar-refractivity contribution in [1.29, 1.82) is 0 Å². The molecule has 1 unspecified atom stereocenters. The van der Waals surface area contributed by atoms with Gasteiger partial charge in [0.25, 0.3) is 0 Å². The second-order valence-corrected chi connectivity index (χ2v) is 6.76. The predicted molar refractivity (Wildman–Crippen MR) is 78.1 cm³/mol. The summed E-state index contributed by atoms with van der Waals surface area (Å²) < 4.78 is 45.6. The van der Waals surface area contributed by atoms with Crippen molar-refractivity contribution in [3.63, 3.8) is 0 Å². The van der Waals surface area contributed by atoms with E-state index in [1.54, 1.807) is 20.8 Å². The van der Waals surface area contributed by atoms with Crippen LogP contribution >= 0.6 is 0 Å². The molecule has 1 aromatic rings. The molecule has 0 bridgehead atoms. The Morgan fingerprint density at radius 2 is 1.92 bits per heavy atom. The van der Waals surface area contributed by atoms with Gasteiger partial charge in [0.2, 0.25) is 5.69 Å². The van der Waals surface area contributed by atoms with Gasteiger partial charge in [0.05, 0.1) is 6.04 Å². The highest BCUT2D eigenvalue weighted by Crippen LogP contribution is 2.34. The summed E-state index contributed by atoms with van der Waals surface area (Å²) in [6, 6.07) is -0.835. The Hall–Kier alpha value is -2.33. The largest absolute Gasteiger partial charge is 0.476 e. The minimum absolute atomic E-state index is 0.0690. The number of carbonyl (C=O) groups excluding carboxylic acids is 1. The fourth-order valence-electron chi connectivity index (χ4n) is 2.60. The second kappa shape index (κ2) is 6.52. The van der Waals surface area contributed by atoms with Gasteiger partial charge in [-0.3, -0.25) is 0 Å². The van der Waals surface area contributed by atoms with E-state index in [9.17, 15) is 22.8 Å². The van der Waals surface area contributed by atoms with Crippen LogP contribution in [0.1, 0.15) is 55.8 Å². The van der Waals surface area contributed by atoms with Crippen LogP contribution in [0.4, 0.5) is 18.0 Å². The molecule has 8 nitrogen and oxygen atoms in total. The Balaban J connectivity index is 2.27. The van der Waals surface area contributed by atoms with Crippen molar-refractivity contribution in [3.8, 4) is 0 Å². The number of halogens is 3. The van der Waals surface area contributed by atoms with Crippen LogP contribution < -0.4 is 0 Å². The fourth-order valence-corrected chi connectivity index (χ4v) is 2.60. The first kappa shape index (κ1) is 19.0. The van der Waals surface area contributed by atoms with Gasteiger partial charge in [0, 0.05) is 13.1 Å². The molecule has 2 heterocycles. The smallest absolute Gasteiger partial charge is 0.435 e. The molecule has 0 aliphatic carbocycles. The van der Waals surface area contributed by atoms with Crippen LogP contribution in [0.15, 0.2) is 0 Å². The van der Waals surface area contributed by atoms with E-state index in [0.717, 1.165) is 0 Å². The highest BCUT2D eigenvalue weighted by Gasteiger charge is 2.44. The number of aromatic carboxylic acids is 1. The molecule has 1 aliphatic heterocycles. The summed E-state index contributed by atoms with van der Waals surface area (Å²) in [5.41, 5.74) is -3.30. The Labute approximate surface area is 141 Å².